The van der Waals surface area contributed by atoms with Gasteiger partial charge in [0.25, 0.3) is 0 Å². The number of aliphatic hydroxyl groups is 1. The van der Waals surface area contributed by atoms with E-state index in [1.807, 2.05) is 0 Å². The Bertz CT molecular complexity index is 536. The third-order valence-electron chi connectivity index (χ3n) is 4.43. The summed E-state index contributed by atoms with van der Waals surface area (Å²) in [6, 6.07) is 5.75. The van der Waals surface area contributed by atoms with Crippen molar-refractivity contribution in [3.63, 3.8) is 0 Å². The molecule has 0 bridgehead atoms. The molecule has 1 aromatic rings. The van der Waals surface area contributed by atoms with E-state index in [1.165, 1.54) is 12.1 Å². The van der Waals surface area contributed by atoms with Gasteiger partial charge in [0.05, 0.1) is 38.8 Å². The molecule has 0 radical (unpaired) electrons. The molecule has 5 nitrogen and oxygen atoms in total. The summed E-state index contributed by atoms with van der Waals surface area (Å²) in [4.78, 5) is 13.6. The first-order chi connectivity index (χ1) is 11.1. The highest BCUT2D eigenvalue weighted by molar-refractivity contribution is 5.77. The van der Waals surface area contributed by atoms with E-state index in [9.17, 15) is 14.3 Å². The fourth-order valence-corrected chi connectivity index (χ4v) is 3.01. The van der Waals surface area contributed by atoms with Crippen molar-refractivity contribution in [2.24, 2.45) is 0 Å². The number of hydrogen-bond donors (Lipinski definition) is 1. The highest BCUT2D eigenvalue weighted by atomic mass is 19.1. The van der Waals surface area contributed by atoms with Crippen LogP contribution in [0.2, 0.25) is 0 Å². The molecule has 2 heterocycles. The number of carbonyl (C=O) groups excluding carboxylic acids is 1. The van der Waals surface area contributed by atoms with Gasteiger partial charge in [-0.2, -0.15) is 0 Å². The smallest absolute Gasteiger partial charge is 0.225 e. The molecular formula is C17H22FNO4. The van der Waals surface area contributed by atoms with E-state index in [0.29, 0.717) is 25.2 Å². The van der Waals surface area contributed by atoms with Gasteiger partial charge in [-0.3, -0.25) is 4.79 Å². The summed E-state index contributed by atoms with van der Waals surface area (Å²) in [6.45, 7) is 2.17. The van der Waals surface area contributed by atoms with Crippen LogP contribution in [0.4, 0.5) is 4.39 Å². The number of hydrogen-bond acceptors (Lipinski definition) is 4. The Morgan fingerprint density at radius 3 is 2.78 bits per heavy atom. The van der Waals surface area contributed by atoms with E-state index >= 15 is 0 Å². The number of rotatable bonds is 6. The quantitative estimate of drug-likeness (QED) is 0.805. The van der Waals surface area contributed by atoms with Gasteiger partial charge in [0.2, 0.25) is 5.91 Å². The van der Waals surface area contributed by atoms with E-state index in [-0.39, 0.29) is 30.9 Å². The molecule has 2 aliphatic heterocycles. The fourth-order valence-electron chi connectivity index (χ4n) is 3.01. The molecule has 1 N–H and O–H groups in total. The van der Waals surface area contributed by atoms with Crippen molar-refractivity contribution in [2.45, 2.75) is 31.0 Å². The lowest BCUT2D eigenvalue weighted by molar-refractivity contribution is -0.158. The standard InChI is InChI=1S/C17H22FNO4/c18-14-5-3-13(4-6-14)17(21)11-19(12-17)16(20)7-9-22-10-15-2-1-8-23-15/h3-6,15,21H,1-2,7-12H2. The van der Waals surface area contributed by atoms with Crippen molar-refractivity contribution in [3.8, 4) is 0 Å². The highest BCUT2D eigenvalue weighted by Crippen LogP contribution is 2.32. The molecule has 0 aliphatic carbocycles. The predicted octanol–water partition coefficient (Wildman–Crippen LogP) is 1.44. The number of ether oxygens (including phenoxy) is 2. The number of nitrogens with zero attached hydrogens (tertiary/aromatic N) is 1. The van der Waals surface area contributed by atoms with Gasteiger partial charge < -0.3 is 19.5 Å². The highest BCUT2D eigenvalue weighted by Gasteiger charge is 2.44. The average molecular weight is 323 g/mol. The molecule has 2 fully saturated rings. The molecule has 0 aromatic heterocycles. The van der Waals surface area contributed by atoms with Crippen LogP contribution < -0.4 is 0 Å². The van der Waals surface area contributed by atoms with Gasteiger partial charge in [0, 0.05) is 6.61 Å². The lowest BCUT2D eigenvalue weighted by Crippen LogP contribution is -2.61. The molecule has 126 valence electrons. The van der Waals surface area contributed by atoms with Crippen molar-refractivity contribution in [3.05, 3.63) is 35.6 Å². The fraction of sp³-hybridized carbons (Fsp3) is 0.588. The Morgan fingerprint density at radius 2 is 2.13 bits per heavy atom. The molecule has 23 heavy (non-hydrogen) atoms. The van der Waals surface area contributed by atoms with Crippen LogP contribution in [-0.4, -0.2) is 54.9 Å². The van der Waals surface area contributed by atoms with Crippen molar-refractivity contribution in [2.75, 3.05) is 32.9 Å². The molecule has 6 heteroatoms. The Hall–Kier alpha value is -1.50. The maximum atomic E-state index is 12.9. The van der Waals surface area contributed by atoms with Gasteiger partial charge in [-0.15, -0.1) is 0 Å². The molecule has 1 atom stereocenters. The van der Waals surface area contributed by atoms with Crippen LogP contribution in [0.5, 0.6) is 0 Å². The topological polar surface area (TPSA) is 59.0 Å². The number of halogens is 1. The summed E-state index contributed by atoms with van der Waals surface area (Å²) in [5.74, 6) is -0.378. The molecular weight excluding hydrogens is 301 g/mol. The van der Waals surface area contributed by atoms with Crippen LogP contribution in [0, 0.1) is 5.82 Å². The number of carbonyl (C=O) groups is 1. The minimum absolute atomic E-state index is 0.0378. The van der Waals surface area contributed by atoms with Crippen LogP contribution in [0.25, 0.3) is 0 Å². The minimum atomic E-state index is -1.07. The van der Waals surface area contributed by atoms with Crippen LogP contribution in [-0.2, 0) is 19.9 Å². The average Bonchev–Trinajstić information content (AvgIpc) is 3.02. The van der Waals surface area contributed by atoms with Gasteiger partial charge >= 0.3 is 0 Å². The number of amides is 1. The van der Waals surface area contributed by atoms with E-state index in [2.05, 4.69) is 0 Å². The zero-order valence-electron chi connectivity index (χ0n) is 13.0. The first-order valence-electron chi connectivity index (χ1n) is 8.02. The van der Waals surface area contributed by atoms with Crippen LogP contribution in [0.1, 0.15) is 24.8 Å². The zero-order chi connectivity index (χ0) is 16.3. The monoisotopic (exact) mass is 323 g/mol. The Balaban J connectivity index is 1.38. The normalized spacial score (nSPS) is 22.9. The second kappa shape index (κ2) is 6.95. The Morgan fingerprint density at radius 1 is 1.39 bits per heavy atom. The Labute approximate surface area is 135 Å². The van der Waals surface area contributed by atoms with E-state index < -0.39 is 5.60 Å². The van der Waals surface area contributed by atoms with Crippen LogP contribution >= 0.6 is 0 Å². The van der Waals surface area contributed by atoms with Gasteiger partial charge in [-0.05, 0) is 30.5 Å². The minimum Gasteiger partial charge on any atom is -0.381 e. The van der Waals surface area contributed by atoms with Crippen molar-refractivity contribution in [1.82, 2.24) is 4.90 Å². The third kappa shape index (κ3) is 3.88. The summed E-state index contributed by atoms with van der Waals surface area (Å²) in [5, 5.41) is 10.4. The van der Waals surface area contributed by atoms with Crippen LogP contribution in [0.15, 0.2) is 24.3 Å². The summed E-state index contributed by atoms with van der Waals surface area (Å²) >= 11 is 0. The van der Waals surface area contributed by atoms with E-state index in [4.69, 9.17) is 9.47 Å². The largest absolute Gasteiger partial charge is 0.381 e. The Kier molecular flexibility index (Phi) is 4.94. The second-order valence-electron chi connectivity index (χ2n) is 6.25. The summed E-state index contributed by atoms with van der Waals surface area (Å²) in [5.41, 5.74) is -0.431. The van der Waals surface area contributed by atoms with E-state index in [0.717, 1.165) is 19.4 Å². The maximum Gasteiger partial charge on any atom is 0.225 e. The molecule has 3 rings (SSSR count). The van der Waals surface area contributed by atoms with Gasteiger partial charge in [0.1, 0.15) is 11.4 Å². The lowest BCUT2D eigenvalue weighted by atomic mass is 9.86. The van der Waals surface area contributed by atoms with Crippen LogP contribution in [0.3, 0.4) is 0 Å². The van der Waals surface area contributed by atoms with Gasteiger partial charge in [-0.25, -0.2) is 4.39 Å². The summed E-state index contributed by atoms with van der Waals surface area (Å²) in [7, 11) is 0. The van der Waals surface area contributed by atoms with Crippen molar-refractivity contribution < 1.29 is 23.8 Å². The van der Waals surface area contributed by atoms with Crippen molar-refractivity contribution in [1.29, 1.82) is 0 Å². The first kappa shape index (κ1) is 16.4. The first-order valence-corrected chi connectivity index (χ1v) is 8.02. The van der Waals surface area contributed by atoms with Crippen molar-refractivity contribution >= 4 is 5.91 Å². The molecule has 1 unspecified atom stereocenters. The molecule has 2 saturated heterocycles. The molecule has 1 amide bonds. The lowest BCUT2D eigenvalue weighted by Gasteiger charge is -2.46. The van der Waals surface area contributed by atoms with E-state index in [1.54, 1.807) is 17.0 Å². The number of benzene rings is 1. The van der Waals surface area contributed by atoms with Gasteiger partial charge in [0.15, 0.2) is 0 Å². The third-order valence-corrected chi connectivity index (χ3v) is 4.43. The molecule has 0 spiro atoms. The summed E-state index contributed by atoms with van der Waals surface area (Å²) in [6.07, 6.45) is 2.55. The SMILES string of the molecule is O=C(CCOCC1CCCO1)N1CC(O)(c2ccc(F)cc2)C1. The van der Waals surface area contributed by atoms with Gasteiger partial charge in [-0.1, -0.05) is 12.1 Å². The number of β-amino-alcohol motifs (C(OH)–C–C–N with tert-alkyl or cyclic N) is 1. The second-order valence-corrected chi connectivity index (χ2v) is 6.25. The zero-order valence-corrected chi connectivity index (χ0v) is 13.0. The maximum absolute atomic E-state index is 12.9. The predicted molar refractivity (Wildman–Crippen MR) is 81.3 cm³/mol. The molecule has 1 aromatic carbocycles. The molecule has 2 aliphatic rings. The number of likely N-dealkylation sites (tertiary alicyclic amines) is 1. The summed E-state index contributed by atoms with van der Waals surface area (Å²) < 4.78 is 23.8. The molecule has 0 saturated carbocycles.